The minimum absolute atomic E-state index is 0.0532. The molecule has 1 amide bonds. The maximum absolute atomic E-state index is 12.3. The Bertz CT molecular complexity index is 564. The molecule has 0 spiro atoms. The van der Waals surface area contributed by atoms with Crippen LogP contribution in [0.25, 0.3) is 11.1 Å². The SMILES string of the molecule is CN(C)CCNC(=O)c1c[c]ccc1-c1ccccc1. The monoisotopic (exact) mass is 267 g/mol. The zero-order chi connectivity index (χ0) is 14.4. The Hall–Kier alpha value is -2.13. The van der Waals surface area contributed by atoms with Gasteiger partial charge in [-0.3, -0.25) is 4.79 Å². The molecule has 103 valence electrons. The highest BCUT2D eigenvalue weighted by atomic mass is 16.1. The second-order valence-electron chi connectivity index (χ2n) is 4.90. The molecule has 0 aliphatic carbocycles. The molecule has 3 heteroatoms. The lowest BCUT2D eigenvalue weighted by atomic mass is 9.99. The fourth-order valence-corrected chi connectivity index (χ4v) is 1.98. The van der Waals surface area contributed by atoms with Gasteiger partial charge in [0.15, 0.2) is 0 Å². The van der Waals surface area contributed by atoms with E-state index in [4.69, 9.17) is 0 Å². The van der Waals surface area contributed by atoms with E-state index in [9.17, 15) is 4.79 Å². The molecule has 0 bridgehead atoms. The summed E-state index contributed by atoms with van der Waals surface area (Å²) in [6, 6.07) is 18.4. The smallest absolute Gasteiger partial charge is 0.251 e. The summed E-state index contributed by atoms with van der Waals surface area (Å²) in [6.07, 6.45) is 0. The molecule has 20 heavy (non-hydrogen) atoms. The highest BCUT2D eigenvalue weighted by molar-refractivity contribution is 6.00. The van der Waals surface area contributed by atoms with Crippen LogP contribution in [0.4, 0.5) is 0 Å². The third kappa shape index (κ3) is 3.68. The van der Waals surface area contributed by atoms with Crippen molar-refractivity contribution in [1.82, 2.24) is 10.2 Å². The molecule has 2 aromatic carbocycles. The van der Waals surface area contributed by atoms with E-state index < -0.39 is 0 Å². The van der Waals surface area contributed by atoms with E-state index in [1.807, 2.05) is 61.5 Å². The molecule has 1 N–H and O–H groups in total. The Balaban J connectivity index is 2.18. The van der Waals surface area contributed by atoms with Crippen LogP contribution in [0.5, 0.6) is 0 Å². The van der Waals surface area contributed by atoms with E-state index in [0.29, 0.717) is 12.1 Å². The third-order valence-electron chi connectivity index (χ3n) is 3.04. The highest BCUT2D eigenvalue weighted by Crippen LogP contribution is 2.22. The molecule has 0 saturated heterocycles. The van der Waals surface area contributed by atoms with Crippen LogP contribution in [0.15, 0.2) is 48.5 Å². The summed E-state index contributed by atoms with van der Waals surface area (Å²) < 4.78 is 0. The highest BCUT2D eigenvalue weighted by Gasteiger charge is 2.11. The lowest BCUT2D eigenvalue weighted by molar-refractivity contribution is 0.0951. The number of carbonyl (C=O) groups is 1. The zero-order valence-corrected chi connectivity index (χ0v) is 11.9. The van der Waals surface area contributed by atoms with Gasteiger partial charge in [0.1, 0.15) is 0 Å². The van der Waals surface area contributed by atoms with Crippen molar-refractivity contribution in [2.24, 2.45) is 0 Å². The standard InChI is InChI=1S/C17H19N2O/c1-19(2)13-12-18-17(20)16-11-7-6-10-15(16)14-8-4-3-5-9-14/h3-6,8-11H,12-13H2,1-2H3,(H,18,20). The van der Waals surface area contributed by atoms with E-state index in [0.717, 1.165) is 17.7 Å². The van der Waals surface area contributed by atoms with Gasteiger partial charge in [0.2, 0.25) is 0 Å². The summed E-state index contributed by atoms with van der Waals surface area (Å²) in [7, 11) is 3.97. The van der Waals surface area contributed by atoms with E-state index in [-0.39, 0.29) is 5.91 Å². The summed E-state index contributed by atoms with van der Waals surface area (Å²) in [4.78, 5) is 14.3. The molecule has 1 radical (unpaired) electrons. The minimum Gasteiger partial charge on any atom is -0.351 e. The summed E-state index contributed by atoms with van der Waals surface area (Å²) >= 11 is 0. The number of hydrogen-bond donors (Lipinski definition) is 1. The fraction of sp³-hybridized carbons (Fsp3) is 0.235. The minimum atomic E-state index is -0.0532. The van der Waals surface area contributed by atoms with Crippen LogP contribution in [0, 0.1) is 6.07 Å². The normalized spacial score (nSPS) is 10.6. The molecule has 0 aliphatic rings. The van der Waals surface area contributed by atoms with Crippen LogP contribution < -0.4 is 5.32 Å². The number of nitrogens with zero attached hydrogens (tertiary/aromatic N) is 1. The molecule has 2 aromatic rings. The summed E-state index contributed by atoms with van der Waals surface area (Å²) in [5.74, 6) is -0.0532. The van der Waals surface area contributed by atoms with Crippen molar-refractivity contribution < 1.29 is 4.79 Å². The second kappa shape index (κ2) is 6.87. The largest absolute Gasteiger partial charge is 0.351 e. The molecular weight excluding hydrogens is 248 g/mol. The molecular formula is C17H19N2O. The first-order valence-electron chi connectivity index (χ1n) is 6.67. The average molecular weight is 267 g/mol. The van der Waals surface area contributed by atoms with Gasteiger partial charge < -0.3 is 10.2 Å². The Morgan fingerprint density at radius 1 is 1.20 bits per heavy atom. The number of amides is 1. The van der Waals surface area contributed by atoms with Gasteiger partial charge in [-0.15, -0.1) is 0 Å². The van der Waals surface area contributed by atoms with Crippen LogP contribution in [0.2, 0.25) is 0 Å². The maximum Gasteiger partial charge on any atom is 0.251 e. The fourth-order valence-electron chi connectivity index (χ4n) is 1.98. The topological polar surface area (TPSA) is 32.3 Å². The molecule has 0 heterocycles. The molecule has 0 aliphatic heterocycles. The quantitative estimate of drug-likeness (QED) is 0.902. The summed E-state index contributed by atoms with van der Waals surface area (Å²) in [6.45, 7) is 1.46. The number of likely N-dealkylation sites (N-methyl/N-ethyl adjacent to an activating group) is 1. The predicted octanol–water partition coefficient (Wildman–Crippen LogP) is 2.45. The molecule has 2 rings (SSSR count). The molecule has 0 aromatic heterocycles. The van der Waals surface area contributed by atoms with E-state index >= 15 is 0 Å². The number of nitrogens with one attached hydrogen (secondary N) is 1. The van der Waals surface area contributed by atoms with Crippen molar-refractivity contribution >= 4 is 5.91 Å². The summed E-state index contributed by atoms with van der Waals surface area (Å²) in [5, 5.41) is 2.94. The van der Waals surface area contributed by atoms with Gasteiger partial charge in [0, 0.05) is 18.7 Å². The van der Waals surface area contributed by atoms with E-state index in [2.05, 4.69) is 11.4 Å². The van der Waals surface area contributed by atoms with Gasteiger partial charge in [-0.25, -0.2) is 0 Å². The molecule has 0 saturated carbocycles. The van der Waals surface area contributed by atoms with Crippen LogP contribution >= 0.6 is 0 Å². The lowest BCUT2D eigenvalue weighted by Gasteiger charge is -2.12. The van der Waals surface area contributed by atoms with Gasteiger partial charge in [0.25, 0.3) is 5.91 Å². The van der Waals surface area contributed by atoms with E-state index in [1.165, 1.54) is 0 Å². The van der Waals surface area contributed by atoms with Crippen molar-refractivity contribution in [3.8, 4) is 11.1 Å². The van der Waals surface area contributed by atoms with Crippen LogP contribution in [-0.4, -0.2) is 38.0 Å². The number of rotatable bonds is 5. The van der Waals surface area contributed by atoms with E-state index in [1.54, 1.807) is 6.07 Å². The molecule has 0 atom stereocenters. The number of benzene rings is 2. The van der Waals surface area contributed by atoms with Crippen LogP contribution in [0.1, 0.15) is 10.4 Å². The average Bonchev–Trinajstić information content (AvgIpc) is 2.47. The van der Waals surface area contributed by atoms with Gasteiger partial charge in [-0.2, -0.15) is 0 Å². The predicted molar refractivity (Wildman–Crippen MR) is 81.6 cm³/mol. The Morgan fingerprint density at radius 2 is 1.95 bits per heavy atom. The van der Waals surface area contributed by atoms with Gasteiger partial charge >= 0.3 is 0 Å². The van der Waals surface area contributed by atoms with Gasteiger partial charge in [-0.1, -0.05) is 42.5 Å². The third-order valence-corrected chi connectivity index (χ3v) is 3.04. The first-order valence-corrected chi connectivity index (χ1v) is 6.67. The van der Waals surface area contributed by atoms with Crippen molar-refractivity contribution in [3.05, 3.63) is 60.2 Å². The Labute approximate surface area is 120 Å². The zero-order valence-electron chi connectivity index (χ0n) is 11.9. The molecule has 0 unspecified atom stereocenters. The first kappa shape index (κ1) is 14.3. The van der Waals surface area contributed by atoms with Gasteiger partial charge in [-0.05, 0) is 37.4 Å². The van der Waals surface area contributed by atoms with Crippen molar-refractivity contribution in [1.29, 1.82) is 0 Å². The molecule has 0 fully saturated rings. The number of hydrogen-bond acceptors (Lipinski definition) is 2. The first-order chi connectivity index (χ1) is 9.68. The van der Waals surface area contributed by atoms with Gasteiger partial charge in [0.05, 0.1) is 0 Å². The Kier molecular flexibility index (Phi) is 4.91. The van der Waals surface area contributed by atoms with Crippen molar-refractivity contribution in [2.75, 3.05) is 27.2 Å². The lowest BCUT2D eigenvalue weighted by Crippen LogP contribution is -2.31. The second-order valence-corrected chi connectivity index (χ2v) is 4.90. The maximum atomic E-state index is 12.3. The number of carbonyl (C=O) groups excluding carboxylic acids is 1. The van der Waals surface area contributed by atoms with Crippen LogP contribution in [0.3, 0.4) is 0 Å². The van der Waals surface area contributed by atoms with Crippen LogP contribution in [-0.2, 0) is 0 Å². The Morgan fingerprint density at radius 3 is 2.65 bits per heavy atom. The van der Waals surface area contributed by atoms with Crippen molar-refractivity contribution in [2.45, 2.75) is 0 Å². The molecule has 3 nitrogen and oxygen atoms in total. The summed E-state index contributed by atoms with van der Waals surface area (Å²) in [5.41, 5.74) is 2.64. The van der Waals surface area contributed by atoms with Crippen molar-refractivity contribution in [3.63, 3.8) is 0 Å².